The first-order chi connectivity index (χ1) is 8.24. The van der Waals surface area contributed by atoms with E-state index < -0.39 is 0 Å². The van der Waals surface area contributed by atoms with Crippen molar-refractivity contribution in [1.29, 1.82) is 0 Å². The maximum absolute atomic E-state index is 11.5. The number of carbonyl (C=O) groups is 1. The van der Waals surface area contributed by atoms with Crippen molar-refractivity contribution in [2.75, 3.05) is 5.32 Å². The molecule has 2 N–H and O–H groups in total. The highest BCUT2D eigenvalue weighted by Crippen LogP contribution is 2.05. The van der Waals surface area contributed by atoms with Gasteiger partial charge in [-0.15, -0.1) is 0 Å². The van der Waals surface area contributed by atoms with Crippen molar-refractivity contribution in [3.8, 4) is 0 Å². The number of anilines is 1. The van der Waals surface area contributed by atoms with Gasteiger partial charge in [-0.05, 0) is 18.6 Å². The van der Waals surface area contributed by atoms with E-state index in [9.17, 15) is 4.79 Å². The lowest BCUT2D eigenvalue weighted by Crippen LogP contribution is -2.07. The van der Waals surface area contributed by atoms with Gasteiger partial charge in [-0.3, -0.25) is 9.89 Å². The maximum Gasteiger partial charge on any atom is 0.249 e. The number of amides is 1. The standard InChI is InChI=1S/C13H13N3O/c1-10-2-4-11(5-3-10)6-7-13(17)15-12-8-9-14-16-12/h2-9H,1H3,(H2,14,15,16,17). The second-order valence-corrected chi connectivity index (χ2v) is 3.70. The number of benzene rings is 1. The van der Waals surface area contributed by atoms with Gasteiger partial charge in [0.2, 0.25) is 5.91 Å². The van der Waals surface area contributed by atoms with E-state index in [1.165, 1.54) is 11.6 Å². The molecule has 1 heterocycles. The molecule has 1 aromatic heterocycles. The van der Waals surface area contributed by atoms with E-state index in [0.717, 1.165) is 5.56 Å². The smallest absolute Gasteiger partial charge is 0.249 e. The Kier molecular flexibility index (Phi) is 3.35. The summed E-state index contributed by atoms with van der Waals surface area (Å²) in [5.41, 5.74) is 2.19. The molecule has 0 unspecified atom stereocenters. The highest BCUT2D eigenvalue weighted by Gasteiger charge is 1.97. The molecule has 0 fully saturated rings. The molecule has 2 rings (SSSR count). The van der Waals surface area contributed by atoms with Crippen LogP contribution >= 0.6 is 0 Å². The number of H-pyrrole nitrogens is 1. The molecular formula is C13H13N3O. The molecule has 1 aromatic carbocycles. The van der Waals surface area contributed by atoms with Crippen molar-refractivity contribution in [2.45, 2.75) is 6.92 Å². The third kappa shape index (κ3) is 3.31. The molecular weight excluding hydrogens is 214 g/mol. The van der Waals surface area contributed by atoms with Crippen molar-refractivity contribution in [2.24, 2.45) is 0 Å². The van der Waals surface area contributed by atoms with E-state index in [1.807, 2.05) is 31.2 Å². The number of hydrogen-bond acceptors (Lipinski definition) is 2. The van der Waals surface area contributed by atoms with Crippen LogP contribution in [0, 0.1) is 6.92 Å². The highest BCUT2D eigenvalue weighted by atomic mass is 16.1. The fraction of sp³-hybridized carbons (Fsp3) is 0.0769. The van der Waals surface area contributed by atoms with E-state index >= 15 is 0 Å². The first kappa shape index (κ1) is 11.1. The Hall–Kier alpha value is -2.36. The largest absolute Gasteiger partial charge is 0.307 e. The average molecular weight is 227 g/mol. The average Bonchev–Trinajstić information content (AvgIpc) is 2.81. The van der Waals surface area contributed by atoms with E-state index in [2.05, 4.69) is 15.5 Å². The second-order valence-electron chi connectivity index (χ2n) is 3.70. The molecule has 17 heavy (non-hydrogen) atoms. The van der Waals surface area contributed by atoms with Crippen molar-refractivity contribution >= 4 is 17.8 Å². The van der Waals surface area contributed by atoms with Crippen molar-refractivity contribution < 1.29 is 4.79 Å². The third-order valence-electron chi connectivity index (χ3n) is 2.26. The first-order valence-electron chi connectivity index (χ1n) is 5.29. The van der Waals surface area contributed by atoms with Gasteiger partial charge in [0, 0.05) is 12.1 Å². The topological polar surface area (TPSA) is 57.8 Å². The predicted molar refractivity (Wildman–Crippen MR) is 67.4 cm³/mol. The van der Waals surface area contributed by atoms with Crippen LogP contribution in [-0.4, -0.2) is 16.1 Å². The Balaban J connectivity index is 1.96. The molecule has 0 aliphatic rings. The number of carbonyl (C=O) groups excluding carboxylic acids is 1. The summed E-state index contributed by atoms with van der Waals surface area (Å²) < 4.78 is 0. The van der Waals surface area contributed by atoms with Gasteiger partial charge in [0.1, 0.15) is 5.82 Å². The van der Waals surface area contributed by atoms with Gasteiger partial charge >= 0.3 is 0 Å². The molecule has 1 amide bonds. The van der Waals surface area contributed by atoms with E-state index in [4.69, 9.17) is 0 Å². The van der Waals surface area contributed by atoms with Gasteiger partial charge in [-0.1, -0.05) is 29.8 Å². The number of nitrogens with one attached hydrogen (secondary N) is 2. The van der Waals surface area contributed by atoms with Crippen LogP contribution in [0.2, 0.25) is 0 Å². The van der Waals surface area contributed by atoms with Gasteiger partial charge < -0.3 is 5.32 Å². The molecule has 0 radical (unpaired) electrons. The Morgan fingerprint density at radius 1 is 1.29 bits per heavy atom. The molecule has 0 saturated heterocycles. The lowest BCUT2D eigenvalue weighted by atomic mass is 10.1. The van der Waals surface area contributed by atoms with Crippen molar-refractivity contribution in [1.82, 2.24) is 10.2 Å². The van der Waals surface area contributed by atoms with Crippen LogP contribution in [0.15, 0.2) is 42.6 Å². The zero-order valence-electron chi connectivity index (χ0n) is 9.47. The minimum Gasteiger partial charge on any atom is -0.307 e. The van der Waals surface area contributed by atoms with Crippen LogP contribution in [0.4, 0.5) is 5.82 Å². The number of aromatic amines is 1. The van der Waals surface area contributed by atoms with Crippen LogP contribution < -0.4 is 5.32 Å². The molecule has 0 aliphatic heterocycles. The number of hydrogen-bond donors (Lipinski definition) is 2. The lowest BCUT2D eigenvalue weighted by Gasteiger charge is -1.97. The third-order valence-corrected chi connectivity index (χ3v) is 2.26. The predicted octanol–water partition coefficient (Wildman–Crippen LogP) is 2.37. The van der Waals surface area contributed by atoms with E-state index in [-0.39, 0.29) is 5.91 Å². The first-order valence-corrected chi connectivity index (χ1v) is 5.29. The molecule has 86 valence electrons. The summed E-state index contributed by atoms with van der Waals surface area (Å²) in [6, 6.07) is 9.64. The zero-order chi connectivity index (χ0) is 12.1. The number of aryl methyl sites for hydroxylation is 1. The summed E-state index contributed by atoms with van der Waals surface area (Å²) in [6.45, 7) is 2.03. The number of nitrogens with zero attached hydrogens (tertiary/aromatic N) is 1. The fourth-order valence-electron chi connectivity index (χ4n) is 1.35. The quantitative estimate of drug-likeness (QED) is 0.791. The molecule has 4 nitrogen and oxygen atoms in total. The Labute approximate surface area is 99.4 Å². The molecule has 0 aliphatic carbocycles. The minimum absolute atomic E-state index is 0.185. The Bertz CT molecular complexity index is 512. The van der Waals surface area contributed by atoms with Crippen LogP contribution in [0.1, 0.15) is 11.1 Å². The summed E-state index contributed by atoms with van der Waals surface area (Å²) in [5.74, 6) is 0.401. The second kappa shape index (κ2) is 5.12. The minimum atomic E-state index is -0.185. The Morgan fingerprint density at radius 3 is 2.71 bits per heavy atom. The van der Waals surface area contributed by atoms with Gasteiger partial charge in [0.25, 0.3) is 0 Å². The summed E-state index contributed by atoms with van der Waals surface area (Å²) in [5, 5.41) is 9.06. The van der Waals surface area contributed by atoms with Gasteiger partial charge in [0.05, 0.1) is 6.20 Å². The molecule has 0 atom stereocenters. The monoisotopic (exact) mass is 227 g/mol. The maximum atomic E-state index is 11.5. The summed E-state index contributed by atoms with van der Waals surface area (Å²) in [7, 11) is 0. The van der Waals surface area contributed by atoms with Crippen LogP contribution in [-0.2, 0) is 4.79 Å². The van der Waals surface area contributed by atoms with Crippen molar-refractivity contribution in [3.63, 3.8) is 0 Å². The molecule has 0 spiro atoms. The molecule has 4 heteroatoms. The molecule has 2 aromatic rings. The van der Waals surface area contributed by atoms with Crippen LogP contribution in [0.25, 0.3) is 6.08 Å². The zero-order valence-corrected chi connectivity index (χ0v) is 9.47. The van der Waals surface area contributed by atoms with E-state index in [0.29, 0.717) is 5.82 Å². The summed E-state index contributed by atoms with van der Waals surface area (Å²) in [4.78, 5) is 11.5. The Morgan fingerprint density at radius 2 is 2.06 bits per heavy atom. The SMILES string of the molecule is Cc1ccc(C=CC(=O)Nc2ccn[nH]2)cc1. The number of rotatable bonds is 3. The fourth-order valence-corrected chi connectivity index (χ4v) is 1.35. The van der Waals surface area contributed by atoms with Gasteiger partial charge in [0.15, 0.2) is 0 Å². The van der Waals surface area contributed by atoms with Gasteiger partial charge in [-0.25, -0.2) is 0 Å². The summed E-state index contributed by atoms with van der Waals surface area (Å²) in [6.07, 6.45) is 4.84. The van der Waals surface area contributed by atoms with Crippen molar-refractivity contribution in [3.05, 3.63) is 53.7 Å². The van der Waals surface area contributed by atoms with Crippen LogP contribution in [0.3, 0.4) is 0 Å². The lowest BCUT2D eigenvalue weighted by molar-refractivity contribution is -0.111. The highest BCUT2D eigenvalue weighted by molar-refractivity contribution is 6.01. The summed E-state index contributed by atoms with van der Waals surface area (Å²) >= 11 is 0. The molecule has 0 saturated carbocycles. The van der Waals surface area contributed by atoms with E-state index in [1.54, 1.807) is 18.3 Å². The van der Waals surface area contributed by atoms with Gasteiger partial charge in [-0.2, -0.15) is 5.10 Å². The number of aromatic nitrogens is 2. The normalized spacial score (nSPS) is 10.6. The molecule has 0 bridgehead atoms. The van der Waals surface area contributed by atoms with Crippen LogP contribution in [0.5, 0.6) is 0 Å².